The lowest BCUT2D eigenvalue weighted by atomic mass is 10.4. The molecule has 11 heavy (non-hydrogen) atoms. The fourth-order valence-electron chi connectivity index (χ4n) is 0.356. The largest absolute Gasteiger partial charge is 0.473 e. The fraction of sp³-hybridized carbons (Fsp3) is 0.800. The molecule has 0 fully saturated rings. The highest BCUT2D eigenvalue weighted by molar-refractivity contribution is 5.80. The number of carbonyl (C=O) groups excluding carboxylic acids is 1. The normalized spacial score (nSPS) is 11.9. The first-order valence-corrected chi connectivity index (χ1v) is 2.83. The molecule has 0 saturated carbocycles. The van der Waals surface area contributed by atoms with E-state index in [2.05, 4.69) is 0 Å². The van der Waals surface area contributed by atoms with Gasteiger partial charge in [-0.1, -0.05) is 4.48 Å². The summed E-state index contributed by atoms with van der Waals surface area (Å²) >= 11 is 0. The number of carbonyl (C=O) groups is 1. The van der Waals surface area contributed by atoms with Crippen molar-refractivity contribution in [2.24, 2.45) is 0 Å². The van der Waals surface area contributed by atoms with Gasteiger partial charge in [-0.15, -0.1) is 0 Å². The van der Waals surface area contributed by atoms with Crippen molar-refractivity contribution in [3.05, 3.63) is 0 Å². The molecule has 0 aliphatic carbocycles. The highest BCUT2D eigenvalue weighted by atomic mass is 19.4. The standard InChI is InChI=1S/C5H7F4NO/c1-3(2)10(9)4(11)5(6,7)8/h3H,1-2H3. The lowest BCUT2D eigenvalue weighted by Gasteiger charge is -2.16. The molecular weight excluding hydrogens is 166 g/mol. The van der Waals surface area contributed by atoms with Crippen LogP contribution in [-0.2, 0) is 4.79 Å². The molecule has 1 amide bonds. The first kappa shape index (κ1) is 10.2. The minimum absolute atomic E-state index is 0.847. The summed E-state index contributed by atoms with van der Waals surface area (Å²) in [4.78, 5) is 10.0. The predicted octanol–water partition coefficient (Wildman–Crippen LogP) is 1.67. The third kappa shape index (κ3) is 2.73. The number of amides is 1. The SMILES string of the molecule is CC(C)N(F)C(=O)C(F)(F)F. The van der Waals surface area contributed by atoms with Crippen molar-refractivity contribution in [1.29, 1.82) is 0 Å². The second-order valence-corrected chi connectivity index (χ2v) is 2.21. The van der Waals surface area contributed by atoms with Gasteiger partial charge in [0.1, 0.15) is 0 Å². The van der Waals surface area contributed by atoms with Crippen molar-refractivity contribution in [2.75, 3.05) is 0 Å². The molecule has 0 bridgehead atoms. The van der Waals surface area contributed by atoms with Gasteiger partial charge in [-0.05, 0) is 13.8 Å². The van der Waals surface area contributed by atoms with Crippen LogP contribution in [-0.4, -0.2) is 23.2 Å². The van der Waals surface area contributed by atoms with E-state index in [1.165, 1.54) is 0 Å². The zero-order valence-corrected chi connectivity index (χ0v) is 5.94. The second-order valence-electron chi connectivity index (χ2n) is 2.21. The Labute approximate surface area is 60.7 Å². The Morgan fingerprint density at radius 1 is 1.36 bits per heavy atom. The first-order valence-electron chi connectivity index (χ1n) is 2.83. The van der Waals surface area contributed by atoms with Crippen molar-refractivity contribution in [1.82, 2.24) is 5.12 Å². The maximum atomic E-state index is 12.2. The van der Waals surface area contributed by atoms with Gasteiger partial charge in [0.15, 0.2) is 0 Å². The van der Waals surface area contributed by atoms with Gasteiger partial charge in [-0.3, -0.25) is 4.79 Å². The summed E-state index contributed by atoms with van der Waals surface area (Å²) in [5.74, 6) is -2.47. The highest BCUT2D eigenvalue weighted by Gasteiger charge is 2.44. The molecule has 0 spiro atoms. The minimum atomic E-state index is -5.13. The summed E-state index contributed by atoms with van der Waals surface area (Å²) in [6, 6.07) is -1.09. The molecule has 66 valence electrons. The van der Waals surface area contributed by atoms with Gasteiger partial charge in [0, 0.05) is 0 Å². The molecule has 0 unspecified atom stereocenters. The lowest BCUT2D eigenvalue weighted by molar-refractivity contribution is -0.203. The number of rotatable bonds is 1. The zero-order chi connectivity index (χ0) is 9.23. The van der Waals surface area contributed by atoms with E-state index in [1.807, 2.05) is 0 Å². The van der Waals surface area contributed by atoms with Crippen LogP contribution in [0.25, 0.3) is 0 Å². The Balaban J connectivity index is 4.26. The Kier molecular flexibility index (Phi) is 2.84. The molecule has 2 nitrogen and oxygen atoms in total. The van der Waals surface area contributed by atoms with Crippen molar-refractivity contribution in [2.45, 2.75) is 26.1 Å². The van der Waals surface area contributed by atoms with Crippen molar-refractivity contribution < 1.29 is 22.4 Å². The van der Waals surface area contributed by atoms with E-state index in [0.717, 1.165) is 13.8 Å². The van der Waals surface area contributed by atoms with Gasteiger partial charge >= 0.3 is 12.1 Å². The van der Waals surface area contributed by atoms with Crippen LogP contribution in [0.3, 0.4) is 0 Å². The van der Waals surface area contributed by atoms with E-state index in [4.69, 9.17) is 0 Å². The number of hydrogen-bond donors (Lipinski definition) is 0. The Bertz CT molecular complexity index is 153. The molecule has 0 saturated heterocycles. The Morgan fingerprint density at radius 3 is 1.82 bits per heavy atom. The molecule has 0 aromatic carbocycles. The smallest absolute Gasteiger partial charge is 0.262 e. The molecule has 0 radical (unpaired) electrons. The third-order valence-corrected chi connectivity index (χ3v) is 0.890. The molecule has 0 aliphatic rings. The van der Waals surface area contributed by atoms with Gasteiger partial charge < -0.3 is 0 Å². The van der Waals surface area contributed by atoms with Crippen LogP contribution in [0.4, 0.5) is 17.7 Å². The van der Waals surface area contributed by atoms with E-state index >= 15 is 0 Å². The molecular formula is C5H7F4NO. The van der Waals surface area contributed by atoms with Gasteiger partial charge in [-0.2, -0.15) is 18.3 Å². The molecule has 0 aliphatic heterocycles. The molecule has 0 N–H and O–H groups in total. The quantitative estimate of drug-likeness (QED) is 0.436. The second kappa shape index (κ2) is 3.06. The Morgan fingerprint density at radius 2 is 1.73 bits per heavy atom. The molecule has 6 heteroatoms. The van der Waals surface area contributed by atoms with Gasteiger partial charge in [0.25, 0.3) is 0 Å². The third-order valence-electron chi connectivity index (χ3n) is 0.890. The summed E-state index contributed by atoms with van der Waals surface area (Å²) in [7, 11) is 0. The molecule has 0 aromatic rings. The summed E-state index contributed by atoms with van der Waals surface area (Å²) < 4.78 is 46.5. The first-order chi connectivity index (χ1) is 4.76. The van der Waals surface area contributed by atoms with Crippen molar-refractivity contribution in [3.8, 4) is 0 Å². The summed E-state index contributed by atoms with van der Waals surface area (Å²) in [5, 5.41) is -0.847. The van der Waals surface area contributed by atoms with Crippen molar-refractivity contribution >= 4 is 5.91 Å². The van der Waals surface area contributed by atoms with E-state index in [-0.39, 0.29) is 0 Å². The van der Waals surface area contributed by atoms with Crippen LogP contribution in [0.15, 0.2) is 0 Å². The molecule has 0 heterocycles. The van der Waals surface area contributed by atoms with Gasteiger partial charge in [0.2, 0.25) is 0 Å². The van der Waals surface area contributed by atoms with E-state index < -0.39 is 23.2 Å². The summed E-state index contributed by atoms with van der Waals surface area (Å²) in [6.07, 6.45) is -5.13. The average Bonchev–Trinajstić information content (AvgIpc) is 1.82. The molecule has 0 atom stereocenters. The lowest BCUT2D eigenvalue weighted by Crippen LogP contribution is -2.39. The maximum Gasteiger partial charge on any atom is 0.473 e. The van der Waals surface area contributed by atoms with Gasteiger partial charge in [0.05, 0.1) is 6.04 Å². The highest BCUT2D eigenvalue weighted by Crippen LogP contribution is 2.19. The zero-order valence-electron chi connectivity index (χ0n) is 5.94. The predicted molar refractivity (Wildman–Crippen MR) is 29.1 cm³/mol. The minimum Gasteiger partial charge on any atom is -0.262 e. The molecule has 0 aromatic heterocycles. The van der Waals surface area contributed by atoms with Crippen LogP contribution in [0, 0.1) is 0 Å². The monoisotopic (exact) mass is 173 g/mol. The van der Waals surface area contributed by atoms with Crippen LogP contribution in [0.1, 0.15) is 13.8 Å². The number of alkyl halides is 3. The average molecular weight is 173 g/mol. The van der Waals surface area contributed by atoms with Gasteiger partial charge in [-0.25, -0.2) is 0 Å². The summed E-state index contributed by atoms with van der Waals surface area (Å²) in [6.45, 7) is 2.28. The maximum absolute atomic E-state index is 12.2. The summed E-state index contributed by atoms with van der Waals surface area (Å²) in [5.41, 5.74) is 0. The van der Waals surface area contributed by atoms with Crippen LogP contribution >= 0.6 is 0 Å². The van der Waals surface area contributed by atoms with E-state index in [0.29, 0.717) is 0 Å². The number of nitrogens with zero attached hydrogens (tertiary/aromatic N) is 1. The van der Waals surface area contributed by atoms with E-state index in [1.54, 1.807) is 0 Å². The van der Waals surface area contributed by atoms with Crippen LogP contribution < -0.4 is 0 Å². The van der Waals surface area contributed by atoms with E-state index in [9.17, 15) is 22.4 Å². The van der Waals surface area contributed by atoms with Crippen LogP contribution in [0.5, 0.6) is 0 Å². The number of halogens is 4. The molecule has 0 rings (SSSR count). The Hall–Kier alpha value is -0.810. The number of hydrogen-bond acceptors (Lipinski definition) is 1. The van der Waals surface area contributed by atoms with Crippen LogP contribution in [0.2, 0.25) is 0 Å². The fourth-order valence-corrected chi connectivity index (χ4v) is 0.356. The van der Waals surface area contributed by atoms with Crippen molar-refractivity contribution in [3.63, 3.8) is 0 Å². The topological polar surface area (TPSA) is 20.3 Å².